The Labute approximate surface area is 114 Å². The molecule has 3 rings (SSSR count). The Bertz CT molecular complexity index is 730. The van der Waals surface area contributed by atoms with Crippen molar-refractivity contribution in [3.05, 3.63) is 11.6 Å². The van der Waals surface area contributed by atoms with Crippen molar-refractivity contribution >= 4 is 32.1 Å². The van der Waals surface area contributed by atoms with E-state index in [-0.39, 0.29) is 22.3 Å². The number of imidazole rings is 1. The van der Waals surface area contributed by atoms with Crippen molar-refractivity contribution in [2.45, 2.75) is 31.3 Å². The third-order valence-corrected chi connectivity index (χ3v) is 5.67. The number of sulfonamides is 1. The van der Waals surface area contributed by atoms with Crippen molar-refractivity contribution < 1.29 is 8.42 Å². The van der Waals surface area contributed by atoms with Gasteiger partial charge in [0.2, 0.25) is 5.03 Å². The second kappa shape index (κ2) is 3.92. The number of nitrogens with one attached hydrogen (secondary N) is 2. The van der Waals surface area contributed by atoms with Crippen molar-refractivity contribution in [3.63, 3.8) is 0 Å². The third-order valence-electron chi connectivity index (χ3n) is 3.42. The highest BCUT2D eigenvalue weighted by Crippen LogP contribution is 2.45. The van der Waals surface area contributed by atoms with Gasteiger partial charge in [0.25, 0.3) is 10.0 Å². The molecule has 1 atom stereocenters. The number of nitrogens with zero attached hydrogens (tertiary/aromatic N) is 2. The molecule has 0 radical (unpaired) electrons. The Morgan fingerprint density at radius 2 is 2.26 bits per heavy atom. The average molecular weight is 301 g/mol. The van der Waals surface area contributed by atoms with Crippen LogP contribution in [0.4, 0.5) is 5.82 Å². The summed E-state index contributed by atoms with van der Waals surface area (Å²) in [6.07, 6.45) is 2.50. The van der Waals surface area contributed by atoms with Gasteiger partial charge in [-0.05, 0) is 11.8 Å². The summed E-state index contributed by atoms with van der Waals surface area (Å²) in [5.41, 5.74) is 2.36. The zero-order valence-electron chi connectivity index (χ0n) is 10.5. The van der Waals surface area contributed by atoms with Crippen LogP contribution < -0.4 is 16.0 Å². The highest BCUT2D eigenvalue weighted by atomic mass is 32.2. The molecule has 2 heterocycles. The molecule has 9 heteroatoms. The second-order valence-electron chi connectivity index (χ2n) is 5.33. The zero-order valence-corrected chi connectivity index (χ0v) is 12.2. The Morgan fingerprint density at radius 3 is 2.84 bits per heavy atom. The summed E-state index contributed by atoms with van der Waals surface area (Å²) in [5, 5.41) is 1.84. The number of aromatic nitrogens is 2. The standard InChI is InChI=1S/C10H15N5O2S2/c1-10(2)5-6(10)14-19(16,17)8-7(13-11)12-9-15(8)3-4-18-9/h3-4,6,13-14H,5,11H2,1-2H3. The van der Waals surface area contributed by atoms with Gasteiger partial charge >= 0.3 is 0 Å². The maximum atomic E-state index is 12.5. The number of thiazole rings is 1. The van der Waals surface area contributed by atoms with Crippen LogP contribution in [0.15, 0.2) is 16.6 Å². The smallest absolute Gasteiger partial charge is 0.260 e. The first kappa shape index (κ1) is 12.9. The van der Waals surface area contributed by atoms with Crippen LogP contribution in [0.2, 0.25) is 0 Å². The molecule has 19 heavy (non-hydrogen) atoms. The van der Waals surface area contributed by atoms with Crippen LogP contribution in [0.25, 0.3) is 4.96 Å². The predicted octanol–water partition coefficient (Wildman–Crippen LogP) is 0.758. The fraction of sp³-hybridized carbons (Fsp3) is 0.500. The average Bonchev–Trinajstić information content (AvgIpc) is 2.69. The van der Waals surface area contributed by atoms with E-state index in [0.29, 0.717) is 4.96 Å². The number of fused-ring (bicyclic) bond motifs is 1. The highest BCUT2D eigenvalue weighted by molar-refractivity contribution is 7.89. The van der Waals surface area contributed by atoms with Gasteiger partial charge in [0.1, 0.15) is 0 Å². The van der Waals surface area contributed by atoms with Crippen LogP contribution in [-0.4, -0.2) is 23.8 Å². The van der Waals surface area contributed by atoms with Gasteiger partial charge in [0.05, 0.1) is 0 Å². The minimum absolute atomic E-state index is 0.0157. The SMILES string of the molecule is CC1(C)CC1NS(=O)(=O)c1c(NN)nc2sccn12. The lowest BCUT2D eigenvalue weighted by Crippen LogP contribution is -2.30. The van der Waals surface area contributed by atoms with Crippen LogP contribution in [0, 0.1) is 5.41 Å². The van der Waals surface area contributed by atoms with Crippen molar-refractivity contribution in [2.24, 2.45) is 11.3 Å². The minimum atomic E-state index is -3.65. The number of hydrazine groups is 1. The number of anilines is 1. The summed E-state index contributed by atoms with van der Waals surface area (Å²) in [6.45, 7) is 4.05. The van der Waals surface area contributed by atoms with Gasteiger partial charge in [-0.25, -0.2) is 19.0 Å². The van der Waals surface area contributed by atoms with Crippen LogP contribution in [0.1, 0.15) is 20.3 Å². The van der Waals surface area contributed by atoms with Gasteiger partial charge in [-0.3, -0.25) is 4.40 Å². The monoisotopic (exact) mass is 301 g/mol. The molecule has 1 unspecified atom stereocenters. The Morgan fingerprint density at radius 1 is 1.58 bits per heavy atom. The molecule has 104 valence electrons. The van der Waals surface area contributed by atoms with Gasteiger partial charge in [0.15, 0.2) is 10.8 Å². The molecule has 4 N–H and O–H groups in total. The van der Waals surface area contributed by atoms with E-state index in [1.807, 2.05) is 13.8 Å². The minimum Gasteiger partial charge on any atom is -0.306 e. The van der Waals surface area contributed by atoms with Crippen molar-refractivity contribution in [3.8, 4) is 0 Å². The number of hydrogen-bond donors (Lipinski definition) is 3. The molecule has 0 aromatic carbocycles. The van der Waals surface area contributed by atoms with Gasteiger partial charge < -0.3 is 5.43 Å². The zero-order chi connectivity index (χ0) is 13.8. The maximum absolute atomic E-state index is 12.5. The highest BCUT2D eigenvalue weighted by Gasteiger charge is 2.48. The van der Waals surface area contributed by atoms with Gasteiger partial charge in [-0.1, -0.05) is 13.8 Å². The van der Waals surface area contributed by atoms with E-state index in [1.165, 1.54) is 15.7 Å². The molecule has 1 aliphatic carbocycles. The lowest BCUT2D eigenvalue weighted by Gasteiger charge is -2.08. The first-order valence-corrected chi connectivity index (χ1v) is 8.16. The molecule has 0 aliphatic heterocycles. The first-order valence-electron chi connectivity index (χ1n) is 5.80. The number of nitrogens with two attached hydrogens (primary N) is 1. The predicted molar refractivity (Wildman–Crippen MR) is 73.4 cm³/mol. The molecule has 1 aliphatic rings. The van der Waals surface area contributed by atoms with E-state index < -0.39 is 10.0 Å². The van der Waals surface area contributed by atoms with E-state index in [9.17, 15) is 8.42 Å². The number of nitrogen functional groups attached to an aromatic ring is 1. The summed E-state index contributed by atoms with van der Waals surface area (Å²) >= 11 is 1.35. The molecule has 0 saturated heterocycles. The third kappa shape index (κ3) is 2.02. The summed E-state index contributed by atoms with van der Waals surface area (Å²) in [5.74, 6) is 5.52. The van der Waals surface area contributed by atoms with Crippen LogP contribution in [-0.2, 0) is 10.0 Å². The van der Waals surface area contributed by atoms with E-state index >= 15 is 0 Å². The van der Waals surface area contributed by atoms with Crippen molar-refractivity contribution in [1.82, 2.24) is 14.1 Å². The summed E-state index contributed by atoms with van der Waals surface area (Å²) < 4.78 is 29.1. The molecule has 7 nitrogen and oxygen atoms in total. The summed E-state index contributed by atoms with van der Waals surface area (Å²) in [7, 11) is -3.65. The number of hydrogen-bond acceptors (Lipinski definition) is 6. The molecule has 2 aromatic rings. The molecule has 0 bridgehead atoms. The lowest BCUT2D eigenvalue weighted by molar-refractivity contribution is 0.552. The van der Waals surface area contributed by atoms with Gasteiger partial charge in [0, 0.05) is 17.6 Å². The van der Waals surface area contributed by atoms with Crippen LogP contribution >= 0.6 is 11.3 Å². The van der Waals surface area contributed by atoms with E-state index in [0.717, 1.165) is 6.42 Å². The van der Waals surface area contributed by atoms with Gasteiger partial charge in [-0.2, -0.15) is 4.98 Å². The van der Waals surface area contributed by atoms with Crippen LogP contribution in [0.3, 0.4) is 0 Å². The summed E-state index contributed by atoms with van der Waals surface area (Å²) in [6, 6.07) is -0.0349. The largest absolute Gasteiger partial charge is 0.306 e. The molecule has 0 spiro atoms. The molecule has 1 fully saturated rings. The molecule has 2 aromatic heterocycles. The first-order chi connectivity index (χ1) is 8.85. The van der Waals surface area contributed by atoms with Crippen molar-refractivity contribution in [2.75, 3.05) is 5.43 Å². The normalized spacial score (nSPS) is 21.7. The van der Waals surface area contributed by atoms with Crippen LogP contribution in [0.5, 0.6) is 0 Å². The molecular formula is C10H15N5O2S2. The molecular weight excluding hydrogens is 286 g/mol. The lowest BCUT2D eigenvalue weighted by atomic mass is 10.2. The summed E-state index contributed by atoms with van der Waals surface area (Å²) in [4.78, 5) is 4.73. The fourth-order valence-corrected chi connectivity index (χ4v) is 4.45. The fourth-order valence-electron chi connectivity index (χ4n) is 2.03. The van der Waals surface area contributed by atoms with E-state index in [4.69, 9.17) is 5.84 Å². The molecule has 1 saturated carbocycles. The molecule has 0 amide bonds. The van der Waals surface area contributed by atoms with E-state index in [2.05, 4.69) is 15.1 Å². The van der Waals surface area contributed by atoms with E-state index in [1.54, 1.807) is 11.6 Å². The van der Waals surface area contributed by atoms with Crippen molar-refractivity contribution in [1.29, 1.82) is 0 Å². The number of rotatable bonds is 4. The Kier molecular flexibility index (Phi) is 2.65. The quantitative estimate of drug-likeness (QED) is 0.571. The second-order valence-corrected chi connectivity index (χ2v) is 7.83. The maximum Gasteiger partial charge on any atom is 0.260 e. The van der Waals surface area contributed by atoms with Gasteiger partial charge in [-0.15, -0.1) is 11.3 Å². The Hall–Kier alpha value is -1.16. The Balaban J connectivity index is 2.04. The topological polar surface area (TPSA) is 102 Å².